The van der Waals surface area contributed by atoms with Gasteiger partial charge < -0.3 is 10.5 Å². The summed E-state index contributed by atoms with van der Waals surface area (Å²) in [6.07, 6.45) is 3.07. The summed E-state index contributed by atoms with van der Waals surface area (Å²) < 4.78 is 4.76. The Morgan fingerprint density at radius 1 is 1.44 bits per heavy atom. The Morgan fingerprint density at radius 2 is 2.06 bits per heavy atom. The minimum Gasteiger partial charge on any atom is -0.463 e. The molecule has 0 bridgehead atoms. The smallest absolute Gasteiger partial charge is 0.330 e. The Kier molecular flexibility index (Phi) is 4.66. The number of ether oxygens (including phenoxy) is 1. The summed E-state index contributed by atoms with van der Waals surface area (Å²) >= 11 is 4.83. The zero-order chi connectivity index (χ0) is 12.0. The molecule has 0 atom stereocenters. The Balaban J connectivity index is 2.68. The van der Waals surface area contributed by atoms with Crippen LogP contribution in [0.5, 0.6) is 0 Å². The SMILES string of the molecule is CCOC(=O)C=Cc1ccc(C(N)=S)cc1. The number of benzene rings is 1. The molecule has 0 unspecified atom stereocenters. The van der Waals surface area contributed by atoms with Crippen LogP contribution in [0.3, 0.4) is 0 Å². The van der Waals surface area contributed by atoms with Gasteiger partial charge in [-0.05, 0) is 18.6 Å². The molecule has 0 spiro atoms. The highest BCUT2D eigenvalue weighted by Gasteiger charge is 1.96. The first-order chi connectivity index (χ1) is 7.63. The number of thiocarbonyl (C=S) groups is 1. The van der Waals surface area contributed by atoms with Crippen molar-refractivity contribution in [1.29, 1.82) is 0 Å². The third-order valence-corrected chi connectivity index (χ3v) is 2.13. The van der Waals surface area contributed by atoms with Gasteiger partial charge >= 0.3 is 5.97 Å². The van der Waals surface area contributed by atoms with Gasteiger partial charge in [0, 0.05) is 11.6 Å². The summed E-state index contributed by atoms with van der Waals surface area (Å²) in [5.74, 6) is -0.346. The molecule has 1 aromatic carbocycles. The van der Waals surface area contributed by atoms with E-state index in [1.807, 2.05) is 24.3 Å². The molecule has 16 heavy (non-hydrogen) atoms. The van der Waals surface area contributed by atoms with E-state index in [2.05, 4.69) is 0 Å². The van der Waals surface area contributed by atoms with Crippen molar-refractivity contribution >= 4 is 29.3 Å². The quantitative estimate of drug-likeness (QED) is 0.492. The molecule has 0 aromatic heterocycles. The maximum absolute atomic E-state index is 11.0. The van der Waals surface area contributed by atoms with E-state index in [0.717, 1.165) is 11.1 Å². The van der Waals surface area contributed by atoms with E-state index >= 15 is 0 Å². The fourth-order valence-electron chi connectivity index (χ4n) is 1.11. The minimum atomic E-state index is -0.346. The van der Waals surface area contributed by atoms with Gasteiger partial charge in [0.2, 0.25) is 0 Å². The van der Waals surface area contributed by atoms with Gasteiger partial charge in [-0.15, -0.1) is 0 Å². The molecule has 0 amide bonds. The summed E-state index contributed by atoms with van der Waals surface area (Å²) in [6.45, 7) is 2.15. The Hall–Kier alpha value is -1.68. The molecular formula is C12H13NO2S. The lowest BCUT2D eigenvalue weighted by Crippen LogP contribution is -2.08. The molecule has 0 fully saturated rings. The highest BCUT2D eigenvalue weighted by Crippen LogP contribution is 2.06. The first kappa shape index (κ1) is 12.4. The molecule has 0 heterocycles. The van der Waals surface area contributed by atoms with Gasteiger partial charge in [-0.1, -0.05) is 36.5 Å². The van der Waals surface area contributed by atoms with Gasteiger partial charge in [-0.3, -0.25) is 0 Å². The molecule has 84 valence electrons. The highest BCUT2D eigenvalue weighted by molar-refractivity contribution is 7.80. The summed E-state index contributed by atoms with van der Waals surface area (Å²) in [6, 6.07) is 7.30. The monoisotopic (exact) mass is 235 g/mol. The first-order valence-corrected chi connectivity index (χ1v) is 5.29. The van der Waals surface area contributed by atoms with Crippen LogP contribution in [0.2, 0.25) is 0 Å². The van der Waals surface area contributed by atoms with Gasteiger partial charge in [-0.2, -0.15) is 0 Å². The molecule has 3 nitrogen and oxygen atoms in total. The van der Waals surface area contributed by atoms with Gasteiger partial charge in [-0.25, -0.2) is 4.79 Å². The van der Waals surface area contributed by atoms with E-state index in [9.17, 15) is 4.79 Å². The summed E-state index contributed by atoms with van der Waals surface area (Å²) in [5.41, 5.74) is 7.17. The maximum Gasteiger partial charge on any atom is 0.330 e. The molecule has 1 rings (SSSR count). The molecule has 0 saturated heterocycles. The zero-order valence-corrected chi connectivity index (χ0v) is 9.79. The topological polar surface area (TPSA) is 52.3 Å². The standard InChI is InChI=1S/C12H13NO2S/c1-2-15-11(14)8-5-9-3-6-10(7-4-9)12(13)16/h3-8H,2H2,1H3,(H2,13,16). The van der Waals surface area contributed by atoms with Crippen LogP contribution >= 0.6 is 12.2 Å². The lowest BCUT2D eigenvalue weighted by atomic mass is 10.1. The van der Waals surface area contributed by atoms with Crippen LogP contribution < -0.4 is 5.73 Å². The van der Waals surface area contributed by atoms with Crippen molar-refractivity contribution in [3.8, 4) is 0 Å². The molecule has 0 saturated carbocycles. The average molecular weight is 235 g/mol. The summed E-state index contributed by atoms with van der Waals surface area (Å²) in [7, 11) is 0. The second-order valence-corrected chi connectivity index (χ2v) is 3.51. The third-order valence-electron chi connectivity index (χ3n) is 1.89. The van der Waals surface area contributed by atoms with Crippen molar-refractivity contribution in [3.05, 3.63) is 41.5 Å². The van der Waals surface area contributed by atoms with Gasteiger partial charge in [0.1, 0.15) is 4.99 Å². The van der Waals surface area contributed by atoms with Crippen molar-refractivity contribution in [3.63, 3.8) is 0 Å². The van der Waals surface area contributed by atoms with Gasteiger partial charge in [0.25, 0.3) is 0 Å². The first-order valence-electron chi connectivity index (χ1n) is 4.88. The second-order valence-electron chi connectivity index (χ2n) is 3.07. The Bertz CT molecular complexity index is 410. The zero-order valence-electron chi connectivity index (χ0n) is 8.97. The predicted octanol–water partition coefficient (Wildman–Crippen LogP) is 1.90. The average Bonchev–Trinajstić information content (AvgIpc) is 2.27. The van der Waals surface area contributed by atoms with E-state index in [1.54, 1.807) is 13.0 Å². The Morgan fingerprint density at radius 3 is 2.56 bits per heavy atom. The Labute approximate surface area is 99.9 Å². The second kappa shape index (κ2) is 6.02. The molecule has 0 radical (unpaired) electrons. The maximum atomic E-state index is 11.0. The van der Waals surface area contributed by atoms with Crippen LogP contribution in [0, 0.1) is 0 Å². The number of rotatable bonds is 4. The van der Waals surface area contributed by atoms with Crippen LogP contribution in [0.15, 0.2) is 30.3 Å². The number of esters is 1. The van der Waals surface area contributed by atoms with E-state index < -0.39 is 0 Å². The van der Waals surface area contributed by atoms with Crippen molar-refractivity contribution in [2.24, 2.45) is 5.73 Å². The largest absolute Gasteiger partial charge is 0.463 e. The predicted molar refractivity (Wildman–Crippen MR) is 68.0 cm³/mol. The molecule has 1 aromatic rings. The molecule has 4 heteroatoms. The molecule has 0 aliphatic rings. The summed E-state index contributed by atoms with van der Waals surface area (Å²) in [5, 5.41) is 0. The number of carbonyl (C=O) groups excluding carboxylic acids is 1. The molecular weight excluding hydrogens is 222 g/mol. The molecule has 2 N–H and O–H groups in total. The van der Waals surface area contributed by atoms with Crippen LogP contribution in [-0.2, 0) is 9.53 Å². The normalized spacial score (nSPS) is 10.3. The van der Waals surface area contributed by atoms with Gasteiger partial charge in [0.05, 0.1) is 6.61 Å². The number of hydrogen-bond acceptors (Lipinski definition) is 3. The fraction of sp³-hybridized carbons (Fsp3) is 0.167. The molecule has 0 aliphatic carbocycles. The van der Waals surface area contributed by atoms with E-state index in [1.165, 1.54) is 6.08 Å². The lowest BCUT2D eigenvalue weighted by Gasteiger charge is -1.98. The van der Waals surface area contributed by atoms with Crippen molar-refractivity contribution < 1.29 is 9.53 Å². The molecule has 0 aliphatic heterocycles. The van der Waals surface area contributed by atoms with Crippen LogP contribution in [-0.4, -0.2) is 17.6 Å². The summed E-state index contributed by atoms with van der Waals surface area (Å²) in [4.78, 5) is 11.4. The van der Waals surface area contributed by atoms with Crippen molar-refractivity contribution in [2.45, 2.75) is 6.92 Å². The number of carbonyl (C=O) groups is 1. The van der Waals surface area contributed by atoms with E-state index in [-0.39, 0.29) is 5.97 Å². The third kappa shape index (κ3) is 3.82. The van der Waals surface area contributed by atoms with Crippen LogP contribution in [0.1, 0.15) is 18.1 Å². The van der Waals surface area contributed by atoms with E-state index in [0.29, 0.717) is 11.6 Å². The number of hydrogen-bond donors (Lipinski definition) is 1. The van der Waals surface area contributed by atoms with Crippen LogP contribution in [0.25, 0.3) is 6.08 Å². The van der Waals surface area contributed by atoms with Gasteiger partial charge in [0.15, 0.2) is 0 Å². The number of nitrogens with two attached hydrogens (primary N) is 1. The van der Waals surface area contributed by atoms with Crippen LogP contribution in [0.4, 0.5) is 0 Å². The lowest BCUT2D eigenvalue weighted by molar-refractivity contribution is -0.137. The minimum absolute atomic E-state index is 0.346. The van der Waals surface area contributed by atoms with E-state index in [4.69, 9.17) is 22.7 Å². The highest BCUT2D eigenvalue weighted by atomic mass is 32.1. The fourth-order valence-corrected chi connectivity index (χ4v) is 1.25. The van der Waals surface area contributed by atoms with Crippen molar-refractivity contribution in [1.82, 2.24) is 0 Å². The van der Waals surface area contributed by atoms with Crippen molar-refractivity contribution in [2.75, 3.05) is 6.61 Å².